The number of benzene rings is 1. The Morgan fingerprint density at radius 3 is 2.80 bits per heavy atom. The van der Waals surface area contributed by atoms with Crippen LogP contribution in [0.2, 0.25) is 0 Å². The molecule has 0 saturated carbocycles. The summed E-state index contributed by atoms with van der Waals surface area (Å²) in [6.07, 6.45) is 0.646. The molecule has 1 atom stereocenters. The molecule has 1 heterocycles. The lowest BCUT2D eigenvalue weighted by atomic mass is 10.3. The predicted octanol–water partition coefficient (Wildman–Crippen LogP) is 1.25. The number of aromatic nitrogens is 3. The fourth-order valence-corrected chi connectivity index (χ4v) is 1.50. The van der Waals surface area contributed by atoms with Gasteiger partial charge in [-0.1, -0.05) is 5.21 Å². The molecule has 0 fully saturated rings. The first kappa shape index (κ1) is 14.1. The number of hydrogen-bond acceptors (Lipinski definition) is 4. The zero-order valence-corrected chi connectivity index (χ0v) is 10.5. The summed E-state index contributed by atoms with van der Waals surface area (Å²) in [4.78, 5) is 11.7. The molecule has 0 aliphatic heterocycles. The van der Waals surface area contributed by atoms with Crippen molar-refractivity contribution in [2.24, 2.45) is 0 Å². The number of halogens is 2. The normalized spacial score (nSPS) is 12.2. The lowest BCUT2D eigenvalue weighted by Crippen LogP contribution is -2.19. The Morgan fingerprint density at radius 2 is 2.20 bits per heavy atom. The number of carbonyl (C=O) groups excluding carboxylic acids is 1. The molecular formula is C12H12F2N4O2. The third-order valence-corrected chi connectivity index (χ3v) is 2.49. The first-order valence-electron chi connectivity index (χ1n) is 5.78. The minimum Gasteiger partial charge on any atom is -0.387 e. The molecule has 0 bridgehead atoms. The van der Waals surface area contributed by atoms with Crippen LogP contribution in [-0.2, 0) is 11.3 Å². The van der Waals surface area contributed by atoms with E-state index in [0.717, 1.165) is 12.1 Å². The van der Waals surface area contributed by atoms with Crippen molar-refractivity contribution in [3.8, 4) is 0 Å². The first-order valence-corrected chi connectivity index (χ1v) is 5.78. The van der Waals surface area contributed by atoms with Crippen LogP contribution < -0.4 is 5.32 Å². The number of amides is 1. The highest BCUT2D eigenvalue weighted by Gasteiger charge is 2.10. The van der Waals surface area contributed by atoms with E-state index >= 15 is 0 Å². The van der Waals surface area contributed by atoms with Crippen LogP contribution in [0.1, 0.15) is 18.7 Å². The van der Waals surface area contributed by atoms with Gasteiger partial charge in [-0.2, -0.15) is 0 Å². The summed E-state index contributed by atoms with van der Waals surface area (Å²) in [7, 11) is 0. The highest BCUT2D eigenvalue weighted by atomic mass is 19.2. The maximum Gasteiger partial charge on any atom is 0.246 e. The molecule has 0 aliphatic rings. The average Bonchev–Trinajstić information content (AvgIpc) is 2.82. The summed E-state index contributed by atoms with van der Waals surface area (Å²) in [6.45, 7) is 1.37. The van der Waals surface area contributed by atoms with Crippen molar-refractivity contribution in [3.63, 3.8) is 0 Å². The number of carbonyl (C=O) groups is 1. The predicted molar refractivity (Wildman–Crippen MR) is 65.6 cm³/mol. The van der Waals surface area contributed by atoms with E-state index in [2.05, 4.69) is 15.6 Å². The van der Waals surface area contributed by atoms with Crippen molar-refractivity contribution in [1.82, 2.24) is 15.0 Å². The lowest BCUT2D eigenvalue weighted by molar-refractivity contribution is -0.116. The van der Waals surface area contributed by atoms with Gasteiger partial charge in [-0.05, 0) is 19.1 Å². The minimum absolute atomic E-state index is 0.143. The Hall–Kier alpha value is -2.35. The molecule has 8 heteroatoms. The Kier molecular flexibility index (Phi) is 4.04. The molecule has 1 aromatic carbocycles. The van der Waals surface area contributed by atoms with Gasteiger partial charge >= 0.3 is 0 Å². The zero-order valence-electron chi connectivity index (χ0n) is 10.5. The number of aliphatic hydroxyl groups excluding tert-OH is 1. The first-order chi connectivity index (χ1) is 9.45. The van der Waals surface area contributed by atoms with Gasteiger partial charge in [0.2, 0.25) is 5.91 Å². The molecule has 20 heavy (non-hydrogen) atoms. The van der Waals surface area contributed by atoms with E-state index in [1.54, 1.807) is 0 Å². The Labute approximate surface area is 113 Å². The highest BCUT2D eigenvalue weighted by Crippen LogP contribution is 2.13. The van der Waals surface area contributed by atoms with Crippen molar-refractivity contribution in [2.75, 3.05) is 5.32 Å². The summed E-state index contributed by atoms with van der Waals surface area (Å²) >= 11 is 0. The Balaban J connectivity index is 1.99. The molecule has 2 rings (SSSR count). The third-order valence-electron chi connectivity index (χ3n) is 2.49. The van der Waals surface area contributed by atoms with Crippen LogP contribution in [0.4, 0.5) is 14.5 Å². The molecule has 2 N–H and O–H groups in total. The Bertz CT molecular complexity index is 628. The van der Waals surface area contributed by atoms with Crippen molar-refractivity contribution >= 4 is 11.6 Å². The zero-order chi connectivity index (χ0) is 14.7. The van der Waals surface area contributed by atoms with E-state index in [1.807, 2.05) is 0 Å². The molecule has 106 valence electrons. The van der Waals surface area contributed by atoms with Gasteiger partial charge in [-0.3, -0.25) is 4.79 Å². The molecule has 0 aliphatic carbocycles. The van der Waals surface area contributed by atoms with E-state index in [-0.39, 0.29) is 12.2 Å². The maximum absolute atomic E-state index is 13.0. The van der Waals surface area contributed by atoms with Crippen molar-refractivity contribution < 1.29 is 18.7 Å². The average molecular weight is 282 g/mol. The quantitative estimate of drug-likeness (QED) is 0.884. The highest BCUT2D eigenvalue weighted by molar-refractivity contribution is 5.90. The second kappa shape index (κ2) is 5.74. The van der Waals surface area contributed by atoms with E-state index in [9.17, 15) is 18.7 Å². The number of nitrogens with one attached hydrogen (secondary N) is 1. The van der Waals surface area contributed by atoms with Gasteiger partial charge in [0, 0.05) is 11.8 Å². The summed E-state index contributed by atoms with van der Waals surface area (Å²) in [5.74, 6) is -2.50. The van der Waals surface area contributed by atoms with Gasteiger partial charge in [-0.25, -0.2) is 13.5 Å². The van der Waals surface area contributed by atoms with Crippen LogP contribution in [0, 0.1) is 11.6 Å². The number of aliphatic hydroxyl groups is 1. The fourth-order valence-electron chi connectivity index (χ4n) is 1.50. The number of anilines is 1. The molecule has 0 radical (unpaired) electrons. The Morgan fingerprint density at radius 1 is 1.45 bits per heavy atom. The minimum atomic E-state index is -1.04. The van der Waals surface area contributed by atoms with Crippen LogP contribution >= 0.6 is 0 Å². The number of rotatable bonds is 4. The standard InChI is InChI=1S/C12H12F2N4O2/c1-7(19)11-5-18(17-16-11)6-12(20)15-8-2-3-9(13)10(14)4-8/h2-5,7,19H,6H2,1H3,(H,15,20). The van der Waals surface area contributed by atoms with Crippen molar-refractivity contribution in [1.29, 1.82) is 0 Å². The van der Waals surface area contributed by atoms with Gasteiger partial charge in [0.05, 0.1) is 12.3 Å². The van der Waals surface area contributed by atoms with Gasteiger partial charge in [0.25, 0.3) is 0 Å². The second-order valence-corrected chi connectivity index (χ2v) is 4.19. The molecule has 1 unspecified atom stereocenters. The largest absolute Gasteiger partial charge is 0.387 e. The monoisotopic (exact) mass is 282 g/mol. The summed E-state index contributed by atoms with van der Waals surface area (Å²) < 4.78 is 26.9. The van der Waals surface area contributed by atoms with Crippen molar-refractivity contribution in [3.05, 3.63) is 41.7 Å². The number of nitrogens with zero attached hydrogens (tertiary/aromatic N) is 3. The van der Waals surface area contributed by atoms with E-state index in [0.29, 0.717) is 5.69 Å². The summed E-state index contributed by atoms with van der Waals surface area (Å²) in [6, 6.07) is 3.06. The third kappa shape index (κ3) is 3.35. The molecule has 0 saturated heterocycles. The molecular weight excluding hydrogens is 270 g/mol. The fraction of sp³-hybridized carbons (Fsp3) is 0.250. The van der Waals surface area contributed by atoms with Crippen molar-refractivity contribution in [2.45, 2.75) is 19.6 Å². The van der Waals surface area contributed by atoms with E-state index < -0.39 is 23.6 Å². The van der Waals surface area contributed by atoms with E-state index in [4.69, 9.17) is 0 Å². The topological polar surface area (TPSA) is 80.0 Å². The van der Waals surface area contributed by atoms with Gasteiger partial charge in [0.15, 0.2) is 11.6 Å². The molecule has 0 spiro atoms. The van der Waals surface area contributed by atoms with Crippen LogP contribution in [0.15, 0.2) is 24.4 Å². The van der Waals surface area contributed by atoms with Crippen LogP contribution in [0.3, 0.4) is 0 Å². The maximum atomic E-state index is 13.0. The SMILES string of the molecule is CC(O)c1cn(CC(=O)Nc2ccc(F)c(F)c2)nn1. The number of hydrogen-bond donors (Lipinski definition) is 2. The van der Waals surface area contributed by atoms with Gasteiger partial charge < -0.3 is 10.4 Å². The van der Waals surface area contributed by atoms with Gasteiger partial charge in [0.1, 0.15) is 12.2 Å². The van der Waals surface area contributed by atoms with Crippen LogP contribution in [0.5, 0.6) is 0 Å². The smallest absolute Gasteiger partial charge is 0.246 e. The molecule has 6 nitrogen and oxygen atoms in total. The molecule has 1 aromatic heterocycles. The lowest BCUT2D eigenvalue weighted by Gasteiger charge is -2.05. The summed E-state index contributed by atoms with van der Waals surface area (Å²) in [5, 5.41) is 19.0. The van der Waals surface area contributed by atoms with Crippen LogP contribution in [0.25, 0.3) is 0 Å². The van der Waals surface area contributed by atoms with Crippen LogP contribution in [-0.4, -0.2) is 26.0 Å². The van der Waals surface area contributed by atoms with Gasteiger partial charge in [-0.15, -0.1) is 5.10 Å². The molecule has 1 amide bonds. The molecule has 2 aromatic rings. The van der Waals surface area contributed by atoms with E-state index in [1.165, 1.54) is 23.9 Å². The second-order valence-electron chi connectivity index (χ2n) is 4.19. The summed E-state index contributed by atoms with van der Waals surface area (Å²) in [5.41, 5.74) is 0.482.